The second-order valence-corrected chi connectivity index (χ2v) is 10.5. The summed E-state index contributed by atoms with van der Waals surface area (Å²) in [5, 5.41) is 12.0. The molecule has 2 fully saturated rings. The number of carbonyl (C=O) groups excluding carboxylic acids is 2. The van der Waals surface area contributed by atoms with Gasteiger partial charge in [0.2, 0.25) is 0 Å². The number of halogens is 1. The van der Waals surface area contributed by atoms with E-state index in [1.54, 1.807) is 36.4 Å². The van der Waals surface area contributed by atoms with Crippen LogP contribution < -0.4 is 4.74 Å². The van der Waals surface area contributed by atoms with Crippen LogP contribution in [0.25, 0.3) is 5.76 Å². The summed E-state index contributed by atoms with van der Waals surface area (Å²) in [7, 11) is 0. The first-order chi connectivity index (χ1) is 16.6. The molecular formula is C28H32ClNO5. The van der Waals surface area contributed by atoms with Crippen molar-refractivity contribution >= 4 is 29.1 Å². The minimum Gasteiger partial charge on any atom is -0.507 e. The second kappa shape index (κ2) is 10.0. The Morgan fingerprint density at radius 1 is 1.17 bits per heavy atom. The van der Waals surface area contributed by atoms with E-state index in [1.165, 1.54) is 4.90 Å². The smallest absolute Gasteiger partial charge is 0.295 e. The van der Waals surface area contributed by atoms with Gasteiger partial charge in [0, 0.05) is 29.3 Å². The molecule has 0 radical (unpaired) electrons. The minimum atomic E-state index is -0.735. The Kier molecular flexibility index (Phi) is 7.25. The maximum Gasteiger partial charge on any atom is 0.295 e. The summed E-state index contributed by atoms with van der Waals surface area (Å²) < 4.78 is 11.6. The molecule has 1 N–H and O–H groups in total. The Bertz CT molecular complexity index is 1140. The van der Waals surface area contributed by atoms with E-state index in [0.717, 1.165) is 24.2 Å². The number of amides is 1. The van der Waals surface area contributed by atoms with Crippen LogP contribution in [0.3, 0.4) is 0 Å². The average Bonchev–Trinajstić information content (AvgIpc) is 3.41. The normalized spacial score (nSPS) is 22.1. The van der Waals surface area contributed by atoms with Crippen molar-refractivity contribution in [3.05, 3.63) is 69.8 Å². The molecule has 6 nitrogen and oxygen atoms in total. The largest absolute Gasteiger partial charge is 0.507 e. The zero-order valence-electron chi connectivity index (χ0n) is 20.6. The lowest BCUT2D eigenvalue weighted by Crippen LogP contribution is -2.36. The van der Waals surface area contributed by atoms with E-state index in [1.807, 2.05) is 13.0 Å². The van der Waals surface area contributed by atoms with Gasteiger partial charge in [-0.1, -0.05) is 44.5 Å². The van der Waals surface area contributed by atoms with Gasteiger partial charge in [-0.2, -0.15) is 0 Å². The third-order valence-corrected chi connectivity index (χ3v) is 6.76. The zero-order chi connectivity index (χ0) is 25.3. The van der Waals surface area contributed by atoms with Crippen LogP contribution in [-0.2, 0) is 19.7 Å². The molecule has 0 aromatic heterocycles. The standard InChI is InChI=1S/C28H32ClNO5/c1-5-34-22-13-10-18(15-21(22)28(2,3)4)25(31)23-24(17-8-11-19(29)12-9-17)30(27(33)26(23)32)16-20-7-6-14-35-20/h8-13,15,20,24,31H,5-7,14,16H2,1-4H3/b25-23-. The van der Waals surface area contributed by atoms with Gasteiger partial charge in [-0.05, 0) is 61.1 Å². The van der Waals surface area contributed by atoms with Crippen molar-refractivity contribution in [3.63, 3.8) is 0 Å². The Balaban J connectivity index is 1.84. The van der Waals surface area contributed by atoms with E-state index >= 15 is 0 Å². The number of likely N-dealkylation sites (tertiary alicyclic amines) is 1. The molecule has 2 aromatic carbocycles. The third-order valence-electron chi connectivity index (χ3n) is 6.51. The molecule has 2 aliphatic rings. The highest BCUT2D eigenvalue weighted by Gasteiger charge is 2.47. The number of carbonyl (C=O) groups is 2. The molecule has 35 heavy (non-hydrogen) atoms. The predicted octanol–water partition coefficient (Wildman–Crippen LogP) is 5.64. The van der Waals surface area contributed by atoms with Crippen LogP contribution in [0.1, 0.15) is 63.3 Å². The van der Waals surface area contributed by atoms with Gasteiger partial charge in [0.25, 0.3) is 11.7 Å². The Morgan fingerprint density at radius 2 is 1.89 bits per heavy atom. The summed E-state index contributed by atoms with van der Waals surface area (Å²) in [6, 6.07) is 11.6. The van der Waals surface area contributed by atoms with Crippen LogP contribution in [0, 0.1) is 0 Å². The molecule has 0 bridgehead atoms. The molecule has 0 spiro atoms. The van der Waals surface area contributed by atoms with Crippen LogP contribution in [0.2, 0.25) is 5.02 Å². The zero-order valence-corrected chi connectivity index (χ0v) is 21.4. The van der Waals surface area contributed by atoms with Crippen molar-refractivity contribution < 1.29 is 24.2 Å². The maximum absolute atomic E-state index is 13.3. The maximum atomic E-state index is 13.3. The van der Waals surface area contributed by atoms with Crippen LogP contribution in [0.5, 0.6) is 5.75 Å². The quantitative estimate of drug-likeness (QED) is 0.317. The first-order valence-corrected chi connectivity index (χ1v) is 12.4. The molecule has 0 saturated carbocycles. The fourth-order valence-corrected chi connectivity index (χ4v) is 4.89. The highest BCUT2D eigenvalue weighted by atomic mass is 35.5. The SMILES string of the molecule is CCOc1ccc(/C(O)=C2/C(=O)C(=O)N(CC3CCCO3)C2c2ccc(Cl)cc2)cc1C(C)(C)C. The van der Waals surface area contributed by atoms with Crippen molar-refractivity contribution in [1.82, 2.24) is 4.90 Å². The van der Waals surface area contributed by atoms with Crippen LogP contribution in [0.15, 0.2) is 48.0 Å². The molecular weight excluding hydrogens is 466 g/mol. The number of ketones is 1. The van der Waals surface area contributed by atoms with Gasteiger partial charge in [-0.15, -0.1) is 0 Å². The summed E-state index contributed by atoms with van der Waals surface area (Å²) in [6.07, 6.45) is 1.60. The molecule has 2 saturated heterocycles. The number of Topliss-reactive ketones (excluding diaryl/α,β-unsaturated/α-hetero) is 1. The molecule has 2 unspecified atom stereocenters. The summed E-state index contributed by atoms with van der Waals surface area (Å²) >= 11 is 6.10. The number of rotatable bonds is 6. The minimum absolute atomic E-state index is 0.0688. The second-order valence-electron chi connectivity index (χ2n) is 10.0. The summed E-state index contributed by atoms with van der Waals surface area (Å²) in [5.41, 5.74) is 1.88. The number of nitrogens with zero attached hydrogens (tertiary/aromatic N) is 1. The fraction of sp³-hybridized carbons (Fsp3) is 0.429. The number of hydrogen-bond donors (Lipinski definition) is 1. The first-order valence-electron chi connectivity index (χ1n) is 12.0. The number of aliphatic hydroxyl groups excluding tert-OH is 1. The lowest BCUT2D eigenvalue weighted by atomic mass is 9.84. The number of hydrogen-bond acceptors (Lipinski definition) is 5. The van der Waals surface area contributed by atoms with Gasteiger partial charge in [0.15, 0.2) is 0 Å². The van der Waals surface area contributed by atoms with Crippen molar-refractivity contribution in [1.29, 1.82) is 0 Å². The highest BCUT2D eigenvalue weighted by Crippen LogP contribution is 2.41. The summed E-state index contributed by atoms with van der Waals surface area (Å²) in [5.74, 6) is -0.813. The summed E-state index contributed by atoms with van der Waals surface area (Å²) in [6.45, 7) is 9.53. The number of aliphatic hydroxyl groups is 1. The lowest BCUT2D eigenvalue weighted by Gasteiger charge is -2.28. The topological polar surface area (TPSA) is 76.1 Å². The van der Waals surface area contributed by atoms with Crippen LogP contribution in [-0.4, -0.2) is 47.6 Å². The predicted molar refractivity (Wildman–Crippen MR) is 136 cm³/mol. The molecule has 4 rings (SSSR count). The highest BCUT2D eigenvalue weighted by molar-refractivity contribution is 6.46. The summed E-state index contributed by atoms with van der Waals surface area (Å²) in [4.78, 5) is 28.0. The first kappa shape index (κ1) is 25.3. The van der Waals surface area contributed by atoms with Gasteiger partial charge >= 0.3 is 0 Å². The molecule has 0 aliphatic carbocycles. The molecule has 2 aliphatic heterocycles. The van der Waals surface area contributed by atoms with Gasteiger partial charge in [-0.3, -0.25) is 9.59 Å². The Labute approximate surface area is 211 Å². The van der Waals surface area contributed by atoms with Crippen molar-refractivity contribution in [2.24, 2.45) is 0 Å². The Morgan fingerprint density at radius 3 is 2.49 bits per heavy atom. The van der Waals surface area contributed by atoms with Gasteiger partial charge in [0.1, 0.15) is 11.5 Å². The molecule has 1 amide bonds. The van der Waals surface area contributed by atoms with Gasteiger partial charge < -0.3 is 19.5 Å². The third kappa shape index (κ3) is 5.09. The van der Waals surface area contributed by atoms with Crippen molar-refractivity contribution in [2.75, 3.05) is 19.8 Å². The monoisotopic (exact) mass is 497 g/mol. The van der Waals surface area contributed by atoms with E-state index < -0.39 is 17.7 Å². The van der Waals surface area contributed by atoms with E-state index in [2.05, 4.69) is 20.8 Å². The van der Waals surface area contributed by atoms with Gasteiger partial charge in [0.05, 0.1) is 24.3 Å². The Hall–Kier alpha value is -2.83. The number of benzene rings is 2. The lowest BCUT2D eigenvalue weighted by molar-refractivity contribution is -0.140. The molecule has 2 aromatic rings. The van der Waals surface area contributed by atoms with Gasteiger partial charge in [-0.25, -0.2) is 0 Å². The van der Waals surface area contributed by atoms with Crippen LogP contribution in [0.4, 0.5) is 0 Å². The van der Waals surface area contributed by atoms with E-state index in [4.69, 9.17) is 21.1 Å². The number of ether oxygens (including phenoxy) is 2. The molecule has 2 atom stereocenters. The average molecular weight is 498 g/mol. The molecule has 186 valence electrons. The molecule has 2 heterocycles. The van der Waals surface area contributed by atoms with E-state index in [9.17, 15) is 14.7 Å². The molecule has 7 heteroatoms. The van der Waals surface area contributed by atoms with Crippen molar-refractivity contribution in [2.45, 2.75) is 58.1 Å². The fourth-order valence-electron chi connectivity index (χ4n) is 4.77. The van der Waals surface area contributed by atoms with E-state index in [0.29, 0.717) is 29.4 Å². The van der Waals surface area contributed by atoms with Crippen molar-refractivity contribution in [3.8, 4) is 5.75 Å². The van der Waals surface area contributed by atoms with Crippen LogP contribution >= 0.6 is 11.6 Å². The van der Waals surface area contributed by atoms with E-state index in [-0.39, 0.29) is 29.4 Å².